The van der Waals surface area contributed by atoms with E-state index in [0.717, 1.165) is 25.9 Å². The van der Waals surface area contributed by atoms with E-state index in [0.29, 0.717) is 25.4 Å². The first-order chi connectivity index (χ1) is 16.4. The minimum atomic E-state index is -0.548. The highest BCUT2D eigenvalue weighted by molar-refractivity contribution is 6.09. The average molecular weight is 497 g/mol. The first-order valence-electron chi connectivity index (χ1n) is 11.7. The highest BCUT2D eigenvalue weighted by Gasteiger charge is 2.20. The molecule has 0 spiro atoms. The molecule has 1 saturated heterocycles. The fourth-order valence-electron chi connectivity index (χ4n) is 3.84. The molecule has 0 atom stereocenters. The summed E-state index contributed by atoms with van der Waals surface area (Å²) in [6, 6.07) is 15.0. The van der Waals surface area contributed by atoms with Gasteiger partial charge in [0.05, 0.1) is 17.9 Å². The molecule has 35 heavy (non-hydrogen) atoms. The van der Waals surface area contributed by atoms with Crippen LogP contribution in [0.25, 0.3) is 0 Å². The second kappa shape index (κ2) is 13.4. The number of esters is 1. The van der Waals surface area contributed by atoms with Gasteiger partial charge in [-0.1, -0.05) is 37.6 Å². The van der Waals surface area contributed by atoms with Gasteiger partial charge < -0.3 is 19.9 Å². The maximum absolute atomic E-state index is 12.8. The second-order valence-corrected chi connectivity index (χ2v) is 8.39. The molecule has 1 heterocycles. The van der Waals surface area contributed by atoms with Crippen molar-refractivity contribution in [3.05, 3.63) is 70.9 Å². The van der Waals surface area contributed by atoms with Crippen LogP contribution in [0, 0.1) is 25.2 Å². The second-order valence-electron chi connectivity index (χ2n) is 8.39. The van der Waals surface area contributed by atoms with Crippen molar-refractivity contribution < 1.29 is 14.3 Å². The van der Waals surface area contributed by atoms with Crippen LogP contribution in [0.5, 0.6) is 0 Å². The van der Waals surface area contributed by atoms with Gasteiger partial charge in [-0.05, 0) is 49.6 Å². The van der Waals surface area contributed by atoms with Crippen molar-refractivity contribution >= 4 is 35.7 Å². The zero-order valence-electron chi connectivity index (χ0n) is 20.5. The lowest BCUT2D eigenvalue weighted by Gasteiger charge is -2.36. The first kappa shape index (κ1) is 27.7. The number of hydrogen-bond donors (Lipinski definition) is 1. The van der Waals surface area contributed by atoms with E-state index in [9.17, 15) is 14.9 Å². The maximum atomic E-state index is 12.8. The Morgan fingerprint density at radius 1 is 1.09 bits per heavy atom. The van der Waals surface area contributed by atoms with Crippen LogP contribution < -0.4 is 10.2 Å². The fourth-order valence-corrected chi connectivity index (χ4v) is 3.84. The Morgan fingerprint density at radius 2 is 1.80 bits per heavy atom. The third-order valence-electron chi connectivity index (χ3n) is 6.03. The summed E-state index contributed by atoms with van der Waals surface area (Å²) in [6.45, 7) is 9.58. The number of benzene rings is 2. The van der Waals surface area contributed by atoms with E-state index in [1.807, 2.05) is 17.9 Å². The van der Waals surface area contributed by atoms with E-state index in [2.05, 4.69) is 42.3 Å². The number of amides is 1. The summed E-state index contributed by atoms with van der Waals surface area (Å²) in [5.74, 6) is -1.04. The number of rotatable bonds is 8. The number of nitrogens with zero attached hydrogens (tertiary/aromatic N) is 3. The zero-order valence-corrected chi connectivity index (χ0v) is 21.4. The van der Waals surface area contributed by atoms with Gasteiger partial charge in [-0.2, -0.15) is 5.26 Å². The summed E-state index contributed by atoms with van der Waals surface area (Å²) < 4.78 is 5.28. The molecule has 0 saturated carbocycles. The third-order valence-corrected chi connectivity index (χ3v) is 6.03. The molecule has 1 aliphatic rings. The Bertz CT molecular complexity index is 1100. The minimum Gasteiger partial charge on any atom is -0.462 e. The van der Waals surface area contributed by atoms with E-state index in [1.54, 1.807) is 30.5 Å². The van der Waals surface area contributed by atoms with Crippen molar-refractivity contribution in [1.82, 2.24) is 4.90 Å². The number of anilines is 2. The SMILES string of the molecule is CCCCOC(=O)c1ccccc1NC(=O)/C(C#N)=C\N1CCN(c2cccc(C)c2C)CC1.Cl. The molecule has 186 valence electrons. The van der Waals surface area contributed by atoms with Gasteiger partial charge in [-0.25, -0.2) is 4.79 Å². The number of piperazine rings is 1. The smallest absolute Gasteiger partial charge is 0.340 e. The Labute approximate surface area is 213 Å². The highest BCUT2D eigenvalue weighted by atomic mass is 35.5. The van der Waals surface area contributed by atoms with Crippen molar-refractivity contribution in [2.24, 2.45) is 0 Å². The Morgan fingerprint density at radius 3 is 2.49 bits per heavy atom. The number of carbonyl (C=O) groups excluding carboxylic acids is 2. The van der Waals surface area contributed by atoms with E-state index in [1.165, 1.54) is 16.8 Å². The van der Waals surface area contributed by atoms with Gasteiger partial charge in [0.2, 0.25) is 0 Å². The van der Waals surface area contributed by atoms with Crippen LogP contribution in [-0.2, 0) is 9.53 Å². The van der Waals surface area contributed by atoms with E-state index in [4.69, 9.17) is 4.74 Å². The molecule has 7 nitrogen and oxygen atoms in total. The van der Waals surface area contributed by atoms with E-state index in [-0.39, 0.29) is 23.5 Å². The third kappa shape index (κ3) is 7.24. The van der Waals surface area contributed by atoms with Crippen molar-refractivity contribution in [2.45, 2.75) is 33.6 Å². The van der Waals surface area contributed by atoms with E-state index < -0.39 is 11.9 Å². The molecule has 0 aromatic heterocycles. The summed E-state index contributed by atoms with van der Waals surface area (Å²) in [5, 5.41) is 12.3. The molecule has 0 aliphatic carbocycles. The molecule has 0 bridgehead atoms. The Balaban J connectivity index is 0.00000432. The van der Waals surface area contributed by atoms with Crippen LogP contribution in [0.15, 0.2) is 54.2 Å². The number of carbonyl (C=O) groups is 2. The van der Waals surface area contributed by atoms with Crippen molar-refractivity contribution in [2.75, 3.05) is 43.0 Å². The molecule has 1 amide bonds. The summed E-state index contributed by atoms with van der Waals surface area (Å²) in [5.41, 5.74) is 4.35. The molecule has 3 rings (SSSR count). The maximum Gasteiger partial charge on any atom is 0.340 e. The van der Waals surface area contributed by atoms with Crippen LogP contribution >= 0.6 is 12.4 Å². The molecule has 2 aromatic rings. The normalized spacial score (nSPS) is 13.5. The molecule has 8 heteroatoms. The molecular formula is C27H33ClN4O3. The molecule has 1 N–H and O–H groups in total. The summed E-state index contributed by atoms with van der Waals surface area (Å²) in [4.78, 5) is 29.6. The molecule has 2 aromatic carbocycles. The minimum absolute atomic E-state index is 0. The lowest BCUT2D eigenvalue weighted by molar-refractivity contribution is -0.112. The predicted octanol–water partition coefficient (Wildman–Crippen LogP) is 4.85. The number of nitriles is 1. The van der Waals surface area contributed by atoms with Crippen molar-refractivity contribution in [3.8, 4) is 6.07 Å². The van der Waals surface area contributed by atoms with Crippen LogP contribution in [0.4, 0.5) is 11.4 Å². The van der Waals surface area contributed by atoms with Gasteiger partial charge in [0, 0.05) is 38.1 Å². The van der Waals surface area contributed by atoms with Gasteiger partial charge in [0.1, 0.15) is 11.6 Å². The lowest BCUT2D eigenvalue weighted by Crippen LogP contribution is -2.44. The van der Waals surface area contributed by atoms with E-state index >= 15 is 0 Å². The number of unbranched alkanes of at least 4 members (excludes halogenated alkanes) is 1. The molecule has 0 radical (unpaired) electrons. The summed E-state index contributed by atoms with van der Waals surface area (Å²) in [6.07, 6.45) is 3.30. The number of nitrogens with one attached hydrogen (secondary N) is 1. The Kier molecular flexibility index (Phi) is 10.6. The van der Waals surface area contributed by atoms with Gasteiger partial charge in [0.25, 0.3) is 5.91 Å². The van der Waals surface area contributed by atoms with Gasteiger partial charge >= 0.3 is 5.97 Å². The number of halogens is 1. The molecule has 1 fully saturated rings. The Hall–Kier alpha value is -3.50. The van der Waals surface area contributed by atoms with Crippen molar-refractivity contribution in [3.63, 3.8) is 0 Å². The summed E-state index contributed by atoms with van der Waals surface area (Å²) >= 11 is 0. The molecule has 0 unspecified atom stereocenters. The number of para-hydroxylation sites is 1. The van der Waals surface area contributed by atoms with Crippen molar-refractivity contribution in [1.29, 1.82) is 5.26 Å². The van der Waals surface area contributed by atoms with Gasteiger partial charge in [-0.15, -0.1) is 12.4 Å². The topological polar surface area (TPSA) is 85.7 Å². The average Bonchev–Trinajstić information content (AvgIpc) is 2.85. The highest BCUT2D eigenvalue weighted by Crippen LogP contribution is 2.24. The zero-order chi connectivity index (χ0) is 24.5. The standard InChI is InChI=1S/C27H32N4O3.ClH/c1-4-5-17-34-27(33)23-10-6-7-11-24(23)29-26(32)22(18-28)19-30-13-15-31(16-14-30)25-12-8-9-20(2)21(25)3;/h6-12,19H,4-5,13-17H2,1-3H3,(H,29,32);1H/b22-19-;. The quantitative estimate of drug-likeness (QED) is 0.243. The van der Waals surface area contributed by atoms with Crippen LogP contribution in [-0.4, -0.2) is 49.6 Å². The predicted molar refractivity (Wildman–Crippen MR) is 141 cm³/mol. The van der Waals surface area contributed by atoms with Gasteiger partial charge in [-0.3, -0.25) is 4.79 Å². The largest absolute Gasteiger partial charge is 0.462 e. The van der Waals surface area contributed by atoms with Gasteiger partial charge in [0.15, 0.2) is 0 Å². The summed E-state index contributed by atoms with van der Waals surface area (Å²) in [7, 11) is 0. The number of hydrogen-bond acceptors (Lipinski definition) is 6. The van der Waals surface area contributed by atoms with Crippen LogP contribution in [0.3, 0.4) is 0 Å². The lowest BCUT2D eigenvalue weighted by atomic mass is 10.1. The molecule has 1 aliphatic heterocycles. The molecular weight excluding hydrogens is 464 g/mol. The van der Waals surface area contributed by atoms with Crippen LogP contribution in [0.1, 0.15) is 41.3 Å². The number of aryl methyl sites for hydroxylation is 1. The first-order valence-corrected chi connectivity index (χ1v) is 11.7. The monoisotopic (exact) mass is 496 g/mol. The number of ether oxygens (including phenoxy) is 1. The fraction of sp³-hybridized carbons (Fsp3) is 0.370. The van der Waals surface area contributed by atoms with Crippen LogP contribution in [0.2, 0.25) is 0 Å².